The summed E-state index contributed by atoms with van der Waals surface area (Å²) in [4.78, 5) is 0. The second-order valence-electron chi connectivity index (χ2n) is 1.89. The third-order valence-electron chi connectivity index (χ3n) is 0.762. The second-order valence-corrected chi connectivity index (χ2v) is 5.67. The fourth-order valence-electron chi connectivity index (χ4n) is 0. The molecule has 0 aromatic heterocycles. The van der Waals surface area contributed by atoms with Crippen molar-refractivity contribution in [2.45, 2.75) is 20.8 Å². The van der Waals surface area contributed by atoms with Crippen LogP contribution in [0.1, 0.15) is 20.8 Å². The average Bonchev–Trinajstić information content (AvgIpc) is 1.71. The summed E-state index contributed by atoms with van der Waals surface area (Å²) in [5.74, 6) is 0. The molecule has 0 radical (unpaired) electrons. The van der Waals surface area contributed by atoms with E-state index in [2.05, 4.69) is 0 Å². The van der Waals surface area contributed by atoms with Gasteiger partial charge in [-0.3, -0.25) is 0 Å². The fourth-order valence-corrected chi connectivity index (χ4v) is 0. The maximum atomic E-state index is 10.6. The predicted octanol–water partition coefficient (Wildman–Crippen LogP) is 2.66. The molecule has 1 nitrogen and oxygen atoms in total. The topological polar surface area (TPSA) is 17.1 Å². The van der Waals surface area contributed by atoms with Crippen LogP contribution >= 0.6 is 7.14 Å². The van der Waals surface area contributed by atoms with E-state index in [9.17, 15) is 4.57 Å². The van der Waals surface area contributed by atoms with Gasteiger partial charge in [0.25, 0.3) is 0 Å². The van der Waals surface area contributed by atoms with Crippen molar-refractivity contribution >= 4 is 7.14 Å². The Morgan fingerprint density at radius 2 is 1.38 bits per heavy atom. The van der Waals surface area contributed by atoms with E-state index in [1.165, 1.54) is 0 Å². The molecular weight excluding hydrogens is 119 g/mol. The van der Waals surface area contributed by atoms with E-state index < -0.39 is 7.14 Å². The molecule has 0 saturated heterocycles. The van der Waals surface area contributed by atoms with E-state index in [0.717, 1.165) is 6.16 Å². The summed E-state index contributed by atoms with van der Waals surface area (Å²) >= 11 is 0. The number of rotatable bonds is 1. The highest BCUT2D eigenvalue weighted by molar-refractivity contribution is 7.62. The van der Waals surface area contributed by atoms with Gasteiger partial charge >= 0.3 is 0 Å². The third kappa shape index (κ3) is 16.3. The first-order chi connectivity index (χ1) is 3.56. The van der Waals surface area contributed by atoms with Crippen LogP contribution in [0.5, 0.6) is 0 Å². The smallest absolute Gasteiger partial charge is 0.0816 e. The first kappa shape index (κ1) is 11.1. The molecule has 2 heteroatoms. The molecule has 0 heterocycles. The van der Waals surface area contributed by atoms with Crippen molar-refractivity contribution in [3.05, 3.63) is 0 Å². The van der Waals surface area contributed by atoms with Gasteiger partial charge in [0.15, 0.2) is 0 Å². The Bertz CT molecular complexity index is 72.6. The van der Waals surface area contributed by atoms with Gasteiger partial charge in [-0.05, 0) is 19.5 Å². The highest BCUT2D eigenvalue weighted by atomic mass is 31.2. The molecule has 0 spiro atoms. The third-order valence-corrected chi connectivity index (χ3v) is 2.28. The van der Waals surface area contributed by atoms with Crippen molar-refractivity contribution in [2.24, 2.45) is 0 Å². The zero-order valence-corrected chi connectivity index (χ0v) is 7.46. The molecule has 0 bridgehead atoms. The lowest BCUT2D eigenvalue weighted by Gasteiger charge is -1.95. The van der Waals surface area contributed by atoms with Gasteiger partial charge in [-0.2, -0.15) is 0 Å². The van der Waals surface area contributed by atoms with Crippen molar-refractivity contribution in [1.82, 2.24) is 0 Å². The van der Waals surface area contributed by atoms with E-state index in [-0.39, 0.29) is 0 Å². The molecule has 0 N–H and O–H groups in total. The molecule has 0 rings (SSSR count). The van der Waals surface area contributed by atoms with Gasteiger partial charge in [0.2, 0.25) is 0 Å². The zero-order chi connectivity index (χ0) is 7.21. The van der Waals surface area contributed by atoms with E-state index in [1.54, 1.807) is 13.3 Å². The van der Waals surface area contributed by atoms with Crippen LogP contribution in [-0.4, -0.2) is 19.5 Å². The van der Waals surface area contributed by atoms with Crippen molar-refractivity contribution in [3.63, 3.8) is 0 Å². The maximum absolute atomic E-state index is 10.6. The molecule has 0 aromatic carbocycles. The second kappa shape index (κ2) is 5.37. The fraction of sp³-hybridized carbons (Fsp3) is 1.00. The van der Waals surface area contributed by atoms with Gasteiger partial charge in [0.05, 0.1) is 7.14 Å². The first-order valence-corrected chi connectivity index (χ1v) is 5.89. The SMILES string of the molecule is CC.CCP(C)(C)=O. The molecule has 0 unspecified atom stereocenters. The minimum absolute atomic E-state index is 0.826. The summed E-state index contributed by atoms with van der Waals surface area (Å²) in [5.41, 5.74) is 0. The number of hydrogen-bond donors (Lipinski definition) is 0. The Kier molecular flexibility index (Phi) is 7.44. The van der Waals surface area contributed by atoms with Crippen LogP contribution in [0, 0.1) is 0 Å². The van der Waals surface area contributed by atoms with Gasteiger partial charge in [0, 0.05) is 0 Å². The summed E-state index contributed by atoms with van der Waals surface area (Å²) in [6.45, 7) is 9.54. The molecule has 0 atom stereocenters. The Morgan fingerprint density at radius 1 is 1.25 bits per heavy atom. The molecule has 52 valence electrons. The summed E-state index contributed by atoms with van der Waals surface area (Å²) in [7, 11) is -1.65. The lowest BCUT2D eigenvalue weighted by Crippen LogP contribution is -1.74. The van der Waals surface area contributed by atoms with Crippen molar-refractivity contribution < 1.29 is 4.57 Å². The van der Waals surface area contributed by atoms with Gasteiger partial charge in [-0.15, -0.1) is 0 Å². The molecule has 0 fully saturated rings. The van der Waals surface area contributed by atoms with Crippen molar-refractivity contribution in [3.8, 4) is 0 Å². The van der Waals surface area contributed by atoms with E-state index in [4.69, 9.17) is 0 Å². The van der Waals surface area contributed by atoms with E-state index in [1.807, 2.05) is 20.8 Å². The van der Waals surface area contributed by atoms with Crippen LogP contribution in [0.2, 0.25) is 0 Å². The van der Waals surface area contributed by atoms with Crippen LogP contribution in [0.15, 0.2) is 0 Å². The molecule has 0 amide bonds. The molecular formula is C6H17OP. The summed E-state index contributed by atoms with van der Waals surface area (Å²) < 4.78 is 10.6. The average molecular weight is 136 g/mol. The lowest BCUT2D eigenvalue weighted by atomic mass is 11.0. The van der Waals surface area contributed by atoms with Gasteiger partial charge in [-0.25, -0.2) is 0 Å². The Morgan fingerprint density at radius 3 is 1.38 bits per heavy atom. The maximum Gasteiger partial charge on any atom is 0.0816 e. The Labute approximate surface area is 52.9 Å². The molecule has 0 aliphatic heterocycles. The monoisotopic (exact) mass is 136 g/mol. The summed E-state index contributed by atoms with van der Waals surface area (Å²) in [5, 5.41) is 0. The van der Waals surface area contributed by atoms with Crippen LogP contribution in [-0.2, 0) is 4.57 Å². The zero-order valence-electron chi connectivity index (χ0n) is 6.56. The standard InChI is InChI=1S/C4H11OP.C2H6/c1-4-6(2,3)5;1-2/h4H2,1-3H3;1-2H3. The normalized spacial score (nSPS) is 9.62. The first-order valence-electron chi connectivity index (χ1n) is 3.10. The van der Waals surface area contributed by atoms with E-state index >= 15 is 0 Å². The van der Waals surface area contributed by atoms with Gasteiger partial charge < -0.3 is 4.57 Å². The van der Waals surface area contributed by atoms with Crippen LogP contribution in [0.3, 0.4) is 0 Å². The summed E-state index contributed by atoms with van der Waals surface area (Å²) in [6, 6.07) is 0. The van der Waals surface area contributed by atoms with Crippen LogP contribution in [0.25, 0.3) is 0 Å². The quantitative estimate of drug-likeness (QED) is 0.506. The summed E-state index contributed by atoms with van der Waals surface area (Å²) in [6.07, 6.45) is 0.826. The Hall–Kier alpha value is 0.230. The van der Waals surface area contributed by atoms with Crippen LogP contribution < -0.4 is 0 Å². The largest absolute Gasteiger partial charge is 0.324 e. The Balaban J connectivity index is 0. The van der Waals surface area contributed by atoms with Crippen molar-refractivity contribution in [2.75, 3.05) is 19.5 Å². The van der Waals surface area contributed by atoms with E-state index in [0.29, 0.717) is 0 Å². The highest BCUT2D eigenvalue weighted by Gasteiger charge is 1.98. The molecule has 0 aliphatic rings. The predicted molar refractivity (Wildman–Crippen MR) is 41.3 cm³/mol. The lowest BCUT2D eigenvalue weighted by molar-refractivity contribution is 0.583. The minimum atomic E-state index is -1.65. The van der Waals surface area contributed by atoms with Crippen LogP contribution in [0.4, 0.5) is 0 Å². The molecule has 0 aliphatic carbocycles. The molecule has 8 heavy (non-hydrogen) atoms. The van der Waals surface area contributed by atoms with Gasteiger partial charge in [0.1, 0.15) is 0 Å². The molecule has 0 saturated carbocycles. The molecule has 0 aromatic rings. The number of hydrogen-bond acceptors (Lipinski definition) is 1. The van der Waals surface area contributed by atoms with Gasteiger partial charge in [-0.1, -0.05) is 20.8 Å². The minimum Gasteiger partial charge on any atom is -0.324 e. The highest BCUT2D eigenvalue weighted by Crippen LogP contribution is 2.34. The van der Waals surface area contributed by atoms with Crippen molar-refractivity contribution in [1.29, 1.82) is 0 Å².